The topological polar surface area (TPSA) is 68.2 Å². The third kappa shape index (κ3) is 3.84. The van der Waals surface area contributed by atoms with Gasteiger partial charge in [0.1, 0.15) is 12.4 Å². The fourth-order valence-corrected chi connectivity index (χ4v) is 4.85. The third-order valence-electron chi connectivity index (χ3n) is 4.78. The van der Waals surface area contributed by atoms with Crippen molar-refractivity contribution in [3.8, 4) is 0 Å². The van der Waals surface area contributed by atoms with Gasteiger partial charge in [-0.1, -0.05) is 30.3 Å². The van der Waals surface area contributed by atoms with Crippen molar-refractivity contribution in [2.45, 2.75) is 23.3 Å². The van der Waals surface area contributed by atoms with Crippen LogP contribution >= 0.6 is 0 Å². The van der Waals surface area contributed by atoms with E-state index in [1.807, 2.05) is 25.1 Å². The van der Waals surface area contributed by atoms with E-state index >= 15 is 0 Å². The molecule has 30 heavy (non-hydrogen) atoms. The minimum absolute atomic E-state index is 0.00369. The zero-order valence-electron chi connectivity index (χ0n) is 16.2. The molecule has 4 aromatic rings. The van der Waals surface area contributed by atoms with Gasteiger partial charge in [-0.25, -0.2) is 12.8 Å². The molecule has 0 spiro atoms. The minimum Gasteiger partial charge on any atom is -0.337 e. The van der Waals surface area contributed by atoms with Crippen molar-refractivity contribution in [1.29, 1.82) is 0 Å². The minimum atomic E-state index is -3.88. The van der Waals surface area contributed by atoms with Gasteiger partial charge in [0.15, 0.2) is 0 Å². The Labute approximate surface area is 173 Å². The van der Waals surface area contributed by atoms with Crippen LogP contribution in [0.1, 0.15) is 5.56 Å². The lowest BCUT2D eigenvalue weighted by Crippen LogP contribution is -2.18. The van der Waals surface area contributed by atoms with Gasteiger partial charge in [0, 0.05) is 22.8 Å². The second-order valence-electron chi connectivity index (χ2n) is 7.01. The molecule has 1 aromatic heterocycles. The van der Waals surface area contributed by atoms with Crippen LogP contribution in [-0.4, -0.2) is 18.9 Å². The van der Waals surface area contributed by atoms with Crippen LogP contribution in [0.4, 0.5) is 10.1 Å². The van der Waals surface area contributed by atoms with Crippen molar-refractivity contribution >= 4 is 32.3 Å². The van der Waals surface area contributed by atoms with E-state index in [1.165, 1.54) is 18.3 Å². The molecule has 0 atom stereocenters. The molecule has 3 aromatic carbocycles. The first kappa shape index (κ1) is 19.8. The first-order valence-electron chi connectivity index (χ1n) is 9.30. The number of carbonyl (C=O) groups is 1. The SMILES string of the molecule is Cc1cccc(NC(=O)Cn2cc(S(=O)(=O)c3ccc(F)cc3)c3ccccc32)c1. The lowest BCUT2D eigenvalue weighted by molar-refractivity contribution is -0.116. The van der Waals surface area contributed by atoms with Crippen LogP contribution < -0.4 is 5.32 Å². The molecule has 1 N–H and O–H groups in total. The Morgan fingerprint density at radius 3 is 2.47 bits per heavy atom. The van der Waals surface area contributed by atoms with Gasteiger partial charge in [0.05, 0.1) is 9.79 Å². The van der Waals surface area contributed by atoms with Gasteiger partial charge in [0.25, 0.3) is 0 Å². The van der Waals surface area contributed by atoms with Crippen LogP contribution in [0.25, 0.3) is 10.9 Å². The highest BCUT2D eigenvalue weighted by molar-refractivity contribution is 7.91. The lowest BCUT2D eigenvalue weighted by Gasteiger charge is -2.08. The fraction of sp³-hybridized carbons (Fsp3) is 0.0870. The van der Waals surface area contributed by atoms with E-state index < -0.39 is 15.7 Å². The third-order valence-corrected chi connectivity index (χ3v) is 6.58. The maximum Gasteiger partial charge on any atom is 0.244 e. The van der Waals surface area contributed by atoms with E-state index in [4.69, 9.17) is 0 Å². The molecule has 0 fully saturated rings. The Morgan fingerprint density at radius 2 is 1.73 bits per heavy atom. The van der Waals surface area contributed by atoms with Crippen LogP contribution in [0.3, 0.4) is 0 Å². The maximum absolute atomic E-state index is 13.2. The predicted octanol–water partition coefficient (Wildman–Crippen LogP) is 4.56. The monoisotopic (exact) mass is 422 g/mol. The standard InChI is InChI=1S/C23H19FN2O3S/c1-16-5-4-6-18(13-16)25-23(27)15-26-14-22(20-7-2-3-8-21(20)26)30(28,29)19-11-9-17(24)10-12-19/h2-14H,15H2,1H3,(H,25,27). The Balaban J connectivity index is 1.70. The Morgan fingerprint density at radius 1 is 1.00 bits per heavy atom. The summed E-state index contributed by atoms with van der Waals surface area (Å²) in [5, 5.41) is 3.34. The molecule has 1 heterocycles. The van der Waals surface area contributed by atoms with Crippen molar-refractivity contribution in [2.75, 3.05) is 5.32 Å². The van der Waals surface area contributed by atoms with Gasteiger partial charge in [0.2, 0.25) is 15.7 Å². The number of nitrogens with zero attached hydrogens (tertiary/aromatic N) is 1. The number of carbonyl (C=O) groups excluding carboxylic acids is 1. The number of fused-ring (bicyclic) bond motifs is 1. The summed E-state index contributed by atoms with van der Waals surface area (Å²) in [5.41, 5.74) is 2.32. The zero-order valence-corrected chi connectivity index (χ0v) is 17.0. The van der Waals surface area contributed by atoms with E-state index in [-0.39, 0.29) is 22.2 Å². The van der Waals surface area contributed by atoms with Crippen LogP contribution in [0.5, 0.6) is 0 Å². The number of para-hydroxylation sites is 1. The summed E-state index contributed by atoms with van der Waals surface area (Å²) in [7, 11) is -3.88. The first-order valence-corrected chi connectivity index (χ1v) is 10.8. The summed E-state index contributed by atoms with van der Waals surface area (Å²) in [6.45, 7) is 1.88. The second kappa shape index (κ2) is 7.76. The molecule has 4 rings (SSSR count). The van der Waals surface area contributed by atoms with Gasteiger partial charge in [-0.2, -0.15) is 0 Å². The van der Waals surface area contributed by atoms with E-state index in [1.54, 1.807) is 34.9 Å². The number of hydrogen-bond donors (Lipinski definition) is 1. The molecule has 0 saturated heterocycles. The second-order valence-corrected chi connectivity index (χ2v) is 8.93. The van der Waals surface area contributed by atoms with E-state index in [2.05, 4.69) is 5.32 Å². The number of anilines is 1. The number of amides is 1. The van der Waals surface area contributed by atoms with Crippen molar-refractivity contribution < 1.29 is 17.6 Å². The van der Waals surface area contributed by atoms with Gasteiger partial charge < -0.3 is 9.88 Å². The molecular formula is C23H19FN2O3S. The maximum atomic E-state index is 13.2. The fourth-order valence-electron chi connectivity index (χ4n) is 3.38. The number of halogens is 1. The van der Waals surface area contributed by atoms with E-state index in [0.29, 0.717) is 16.6 Å². The Kier molecular flexibility index (Phi) is 5.13. The number of aromatic nitrogens is 1. The van der Waals surface area contributed by atoms with Crippen LogP contribution in [0.15, 0.2) is 88.8 Å². The number of benzene rings is 3. The predicted molar refractivity (Wildman–Crippen MR) is 114 cm³/mol. The highest BCUT2D eigenvalue weighted by Crippen LogP contribution is 2.30. The summed E-state index contributed by atoms with van der Waals surface area (Å²) in [6, 6.07) is 19.1. The molecule has 0 aliphatic carbocycles. The molecule has 0 saturated carbocycles. The van der Waals surface area contributed by atoms with Crippen molar-refractivity contribution in [3.05, 3.63) is 90.4 Å². The number of rotatable bonds is 5. The number of nitrogens with one attached hydrogen (secondary N) is 1. The van der Waals surface area contributed by atoms with Crippen molar-refractivity contribution in [3.63, 3.8) is 0 Å². The van der Waals surface area contributed by atoms with Gasteiger partial charge in [-0.15, -0.1) is 0 Å². The van der Waals surface area contributed by atoms with Crippen LogP contribution in [0.2, 0.25) is 0 Å². The number of hydrogen-bond acceptors (Lipinski definition) is 3. The van der Waals surface area contributed by atoms with Gasteiger partial charge in [-0.3, -0.25) is 4.79 Å². The quantitative estimate of drug-likeness (QED) is 0.480. The molecule has 5 nitrogen and oxygen atoms in total. The zero-order chi connectivity index (χ0) is 21.3. The number of sulfone groups is 1. The molecule has 7 heteroatoms. The highest BCUT2D eigenvalue weighted by atomic mass is 32.2. The van der Waals surface area contributed by atoms with E-state index in [9.17, 15) is 17.6 Å². The Hall–Kier alpha value is -3.45. The summed E-state index contributed by atoms with van der Waals surface area (Å²) in [6.07, 6.45) is 1.46. The highest BCUT2D eigenvalue weighted by Gasteiger charge is 2.24. The number of aryl methyl sites for hydroxylation is 1. The molecule has 1 amide bonds. The van der Waals surface area contributed by atoms with Crippen LogP contribution in [0, 0.1) is 12.7 Å². The average molecular weight is 422 g/mol. The van der Waals surface area contributed by atoms with Gasteiger partial charge >= 0.3 is 0 Å². The van der Waals surface area contributed by atoms with Crippen LogP contribution in [-0.2, 0) is 21.2 Å². The molecule has 152 valence electrons. The molecule has 0 radical (unpaired) electrons. The Bertz CT molecular complexity index is 1340. The van der Waals surface area contributed by atoms with Crippen molar-refractivity contribution in [1.82, 2.24) is 4.57 Å². The smallest absolute Gasteiger partial charge is 0.244 e. The van der Waals surface area contributed by atoms with Gasteiger partial charge in [-0.05, 0) is 55.0 Å². The summed E-state index contributed by atoms with van der Waals surface area (Å²) in [5.74, 6) is -0.781. The summed E-state index contributed by atoms with van der Waals surface area (Å²) < 4.78 is 41.1. The molecule has 0 bridgehead atoms. The normalized spacial score (nSPS) is 11.5. The molecule has 0 aliphatic heterocycles. The summed E-state index contributed by atoms with van der Waals surface area (Å²) in [4.78, 5) is 12.7. The van der Waals surface area contributed by atoms with Crippen molar-refractivity contribution in [2.24, 2.45) is 0 Å². The summed E-state index contributed by atoms with van der Waals surface area (Å²) >= 11 is 0. The molecule has 0 unspecified atom stereocenters. The largest absolute Gasteiger partial charge is 0.337 e. The molecular weight excluding hydrogens is 403 g/mol. The first-order chi connectivity index (χ1) is 14.3. The lowest BCUT2D eigenvalue weighted by atomic mass is 10.2. The average Bonchev–Trinajstić information content (AvgIpc) is 3.07. The van der Waals surface area contributed by atoms with E-state index in [0.717, 1.165) is 17.7 Å². The molecule has 0 aliphatic rings.